The van der Waals surface area contributed by atoms with Crippen LogP contribution in [0.15, 0.2) is 23.6 Å². The van der Waals surface area contributed by atoms with Gasteiger partial charge in [-0.2, -0.15) is 4.99 Å². The Labute approximate surface area is 133 Å². The molecule has 0 saturated heterocycles. The van der Waals surface area contributed by atoms with E-state index in [4.69, 9.17) is 0 Å². The van der Waals surface area contributed by atoms with Crippen LogP contribution in [0.1, 0.15) is 25.0 Å². The van der Waals surface area contributed by atoms with E-state index in [1.54, 1.807) is 25.7 Å². The fourth-order valence-electron chi connectivity index (χ4n) is 1.93. The zero-order valence-corrected chi connectivity index (χ0v) is 14.5. The van der Waals surface area contributed by atoms with E-state index in [1.807, 2.05) is 25.3 Å². The molecular formula is C15H23N2O2S2+. The van der Waals surface area contributed by atoms with Gasteiger partial charge in [0.1, 0.15) is 0 Å². The lowest BCUT2D eigenvalue weighted by molar-refractivity contribution is -0.366. The van der Waals surface area contributed by atoms with Crippen molar-refractivity contribution >= 4 is 39.9 Å². The molecule has 1 aromatic carbocycles. The van der Waals surface area contributed by atoms with Crippen LogP contribution in [0.4, 0.5) is 5.69 Å². The molecular weight excluding hydrogens is 304 g/mol. The first-order valence-corrected chi connectivity index (χ1v) is 9.26. The number of thioether (sulfide) groups is 1. The SMILES string of the molecule is CNS(=O)CCc1ccc([NH+]=C(C)O)c(/C(C)=C/SC)c1. The van der Waals surface area contributed by atoms with Gasteiger partial charge in [0.05, 0.1) is 17.9 Å². The van der Waals surface area contributed by atoms with Gasteiger partial charge in [0.2, 0.25) is 5.69 Å². The highest BCUT2D eigenvalue weighted by atomic mass is 32.2. The van der Waals surface area contributed by atoms with Gasteiger partial charge in [0.25, 0.3) is 0 Å². The van der Waals surface area contributed by atoms with Crippen molar-refractivity contribution in [2.24, 2.45) is 0 Å². The molecule has 0 spiro atoms. The predicted molar refractivity (Wildman–Crippen MR) is 93.3 cm³/mol. The molecule has 0 aliphatic rings. The third-order valence-corrected chi connectivity index (χ3v) is 4.54. The van der Waals surface area contributed by atoms with Gasteiger partial charge in [0.15, 0.2) is 0 Å². The summed E-state index contributed by atoms with van der Waals surface area (Å²) >= 11 is 1.64. The maximum atomic E-state index is 11.5. The maximum Gasteiger partial charge on any atom is 0.334 e. The van der Waals surface area contributed by atoms with Crippen molar-refractivity contribution in [3.05, 3.63) is 34.7 Å². The molecule has 1 rings (SSSR count). The van der Waals surface area contributed by atoms with Crippen molar-refractivity contribution < 1.29 is 14.3 Å². The minimum atomic E-state index is -0.991. The zero-order valence-electron chi connectivity index (χ0n) is 12.9. The lowest BCUT2D eigenvalue weighted by atomic mass is 10.0. The van der Waals surface area contributed by atoms with E-state index in [1.165, 1.54) is 0 Å². The summed E-state index contributed by atoms with van der Waals surface area (Å²) in [5, 5.41) is 11.5. The minimum absolute atomic E-state index is 0.164. The summed E-state index contributed by atoms with van der Waals surface area (Å²) in [6.45, 7) is 3.65. The van der Waals surface area contributed by atoms with Crippen LogP contribution in [0.2, 0.25) is 0 Å². The molecule has 0 aromatic heterocycles. The number of nitrogens with one attached hydrogen (secondary N) is 2. The number of hydrogen-bond acceptors (Lipinski definition) is 2. The normalized spacial score (nSPS) is 14.3. The molecule has 0 saturated carbocycles. The Kier molecular flexibility index (Phi) is 7.71. The first kappa shape index (κ1) is 17.9. The number of aliphatic hydroxyl groups excluding tert-OH is 1. The quantitative estimate of drug-likeness (QED) is 0.526. The number of benzene rings is 1. The second kappa shape index (κ2) is 9.02. The van der Waals surface area contributed by atoms with Crippen LogP contribution in [-0.2, 0) is 17.4 Å². The van der Waals surface area contributed by atoms with Gasteiger partial charge in [-0.15, -0.1) is 11.8 Å². The van der Waals surface area contributed by atoms with Crippen LogP contribution in [0.3, 0.4) is 0 Å². The van der Waals surface area contributed by atoms with Gasteiger partial charge < -0.3 is 5.11 Å². The third kappa shape index (κ3) is 6.03. The van der Waals surface area contributed by atoms with Crippen molar-refractivity contribution in [3.63, 3.8) is 0 Å². The number of aliphatic hydroxyl groups is 1. The second-order valence-electron chi connectivity index (χ2n) is 4.63. The lowest BCUT2D eigenvalue weighted by Crippen LogP contribution is -2.66. The first-order chi connectivity index (χ1) is 9.97. The molecule has 3 N–H and O–H groups in total. The summed E-state index contributed by atoms with van der Waals surface area (Å²) in [6.07, 6.45) is 2.76. The van der Waals surface area contributed by atoms with Gasteiger partial charge in [-0.25, -0.2) is 8.93 Å². The molecule has 21 heavy (non-hydrogen) atoms. The van der Waals surface area contributed by atoms with E-state index in [9.17, 15) is 9.32 Å². The van der Waals surface area contributed by atoms with Crippen LogP contribution in [-0.4, -0.2) is 34.3 Å². The van der Waals surface area contributed by atoms with Crippen LogP contribution in [0.25, 0.3) is 5.57 Å². The standard InChI is InChI=1S/C15H22N2O2S2/c1-11(10-20-4)14-9-13(7-8-21(19)16-3)5-6-15(14)17-12(2)18/h5-6,9-10,16H,7-8H2,1-4H3,(H,17,18)/p+1/b11-10+. The summed E-state index contributed by atoms with van der Waals surface area (Å²) in [4.78, 5) is 2.97. The van der Waals surface area contributed by atoms with Crippen molar-refractivity contribution in [2.75, 3.05) is 19.1 Å². The maximum absolute atomic E-state index is 11.5. The van der Waals surface area contributed by atoms with Crippen LogP contribution in [0, 0.1) is 0 Å². The Balaban J connectivity index is 3.11. The summed E-state index contributed by atoms with van der Waals surface area (Å²) in [7, 11) is 0.703. The topological polar surface area (TPSA) is 63.3 Å². The minimum Gasteiger partial charge on any atom is -0.463 e. The van der Waals surface area contributed by atoms with E-state index in [2.05, 4.69) is 21.2 Å². The van der Waals surface area contributed by atoms with Crippen LogP contribution >= 0.6 is 11.8 Å². The fourth-order valence-corrected chi connectivity index (χ4v) is 3.04. The highest BCUT2D eigenvalue weighted by Gasteiger charge is 2.11. The van der Waals surface area contributed by atoms with Crippen molar-refractivity contribution in [1.29, 1.82) is 0 Å². The molecule has 4 nitrogen and oxygen atoms in total. The van der Waals surface area contributed by atoms with E-state index in [-0.39, 0.29) is 5.90 Å². The summed E-state index contributed by atoms with van der Waals surface area (Å²) in [5.41, 5.74) is 4.17. The Bertz CT molecular complexity index is 565. The largest absolute Gasteiger partial charge is 0.463 e. The molecule has 1 unspecified atom stereocenters. The van der Waals surface area contributed by atoms with E-state index >= 15 is 0 Å². The Morgan fingerprint density at radius 2 is 2.19 bits per heavy atom. The van der Waals surface area contributed by atoms with Gasteiger partial charge in [-0.1, -0.05) is 6.07 Å². The monoisotopic (exact) mass is 327 g/mol. The summed E-state index contributed by atoms with van der Waals surface area (Å²) in [6, 6.07) is 6.03. The molecule has 0 aliphatic carbocycles. The molecule has 116 valence electrons. The molecule has 6 heteroatoms. The molecule has 0 fully saturated rings. The number of allylic oxidation sites excluding steroid dienone is 1. The van der Waals surface area contributed by atoms with Gasteiger partial charge in [0, 0.05) is 17.4 Å². The summed E-state index contributed by atoms with van der Waals surface area (Å²) < 4.78 is 14.2. The van der Waals surface area contributed by atoms with Gasteiger partial charge in [-0.3, -0.25) is 0 Å². The molecule has 0 aliphatic heterocycles. The molecule has 1 aromatic rings. The first-order valence-electron chi connectivity index (χ1n) is 6.66. The van der Waals surface area contributed by atoms with Gasteiger partial charge >= 0.3 is 5.90 Å². The lowest BCUT2D eigenvalue weighted by Gasteiger charge is -2.07. The zero-order chi connectivity index (χ0) is 15.8. The van der Waals surface area contributed by atoms with Crippen LogP contribution < -0.4 is 9.71 Å². The predicted octanol–water partition coefficient (Wildman–Crippen LogP) is 1.52. The fraction of sp³-hybridized carbons (Fsp3) is 0.400. The summed E-state index contributed by atoms with van der Waals surface area (Å²) in [5.74, 6) is 0.747. The number of aryl methyl sites for hydroxylation is 1. The average molecular weight is 327 g/mol. The van der Waals surface area contributed by atoms with Crippen LogP contribution in [0.5, 0.6) is 0 Å². The van der Waals surface area contributed by atoms with Gasteiger partial charge in [-0.05, 0) is 49.3 Å². The van der Waals surface area contributed by atoms with E-state index < -0.39 is 11.0 Å². The van der Waals surface area contributed by atoms with Crippen molar-refractivity contribution in [1.82, 2.24) is 4.72 Å². The smallest absolute Gasteiger partial charge is 0.334 e. The number of rotatable bonds is 7. The Hall–Kier alpha value is -1.11. The third-order valence-electron chi connectivity index (χ3n) is 2.92. The van der Waals surface area contributed by atoms with Crippen molar-refractivity contribution in [2.45, 2.75) is 20.3 Å². The molecule has 0 radical (unpaired) electrons. The molecule has 1 atom stereocenters. The van der Waals surface area contributed by atoms with E-state index in [0.717, 1.165) is 28.8 Å². The highest BCUT2D eigenvalue weighted by Crippen LogP contribution is 2.23. The van der Waals surface area contributed by atoms with Crippen molar-refractivity contribution in [3.8, 4) is 0 Å². The second-order valence-corrected chi connectivity index (χ2v) is 6.85. The van der Waals surface area contributed by atoms with E-state index in [0.29, 0.717) is 5.75 Å². The average Bonchev–Trinajstić information content (AvgIpc) is 2.45. The molecule has 0 heterocycles. The Morgan fingerprint density at radius 3 is 2.76 bits per heavy atom. The molecule has 0 bridgehead atoms. The number of hydrogen-bond donors (Lipinski definition) is 3. The Morgan fingerprint density at radius 1 is 1.48 bits per heavy atom. The molecule has 0 amide bonds. The highest BCUT2D eigenvalue weighted by molar-refractivity contribution is 8.01.